The van der Waals surface area contributed by atoms with Gasteiger partial charge < -0.3 is 15.0 Å². The molecular weight excluding hydrogens is 278 g/mol. The summed E-state index contributed by atoms with van der Waals surface area (Å²) in [7, 11) is 5.65. The van der Waals surface area contributed by atoms with Crippen molar-refractivity contribution in [2.45, 2.75) is 13.0 Å². The van der Waals surface area contributed by atoms with Crippen LogP contribution in [0.5, 0.6) is 5.88 Å². The fraction of sp³-hybridized carbons (Fsp3) is 0.462. The van der Waals surface area contributed by atoms with Crippen LogP contribution in [-0.2, 0) is 13.0 Å². The van der Waals surface area contributed by atoms with Crippen LogP contribution in [0, 0.1) is 0 Å². The van der Waals surface area contributed by atoms with Gasteiger partial charge in [0.1, 0.15) is 0 Å². The number of rotatable bonds is 7. The molecule has 4 nitrogen and oxygen atoms in total. The highest BCUT2D eigenvalue weighted by Crippen LogP contribution is 2.30. The number of hydrogen-bond donors (Lipinski definition) is 1. The average Bonchev–Trinajstić information content (AvgIpc) is 3.03. The molecule has 0 fully saturated rings. The Morgan fingerprint density at radius 3 is 2.89 bits per heavy atom. The zero-order valence-electron chi connectivity index (χ0n) is 11.5. The molecule has 0 spiro atoms. The van der Waals surface area contributed by atoms with Gasteiger partial charge >= 0.3 is 0 Å². The van der Waals surface area contributed by atoms with E-state index in [1.165, 1.54) is 5.56 Å². The number of hydrogen-bond acceptors (Lipinski definition) is 6. The Kier molecular flexibility index (Phi) is 5.18. The molecule has 0 radical (unpaired) electrons. The SMILES string of the molecule is COc1nc(N(C)C)sc1CNCCc1ccsc1. The van der Waals surface area contributed by atoms with Crippen LogP contribution in [0.4, 0.5) is 5.13 Å². The molecule has 0 unspecified atom stereocenters. The molecule has 0 atom stereocenters. The maximum atomic E-state index is 5.31. The van der Waals surface area contributed by atoms with Crippen molar-refractivity contribution in [3.05, 3.63) is 27.3 Å². The van der Waals surface area contributed by atoms with Crippen molar-refractivity contribution < 1.29 is 4.74 Å². The van der Waals surface area contributed by atoms with Gasteiger partial charge in [0.05, 0.1) is 12.0 Å². The number of thiophene rings is 1. The zero-order valence-corrected chi connectivity index (χ0v) is 13.1. The van der Waals surface area contributed by atoms with Crippen molar-refractivity contribution in [3.8, 4) is 5.88 Å². The third-order valence-corrected chi connectivity index (χ3v) is 4.62. The van der Waals surface area contributed by atoms with Crippen LogP contribution in [0.1, 0.15) is 10.4 Å². The first-order valence-electron chi connectivity index (χ1n) is 6.13. The van der Waals surface area contributed by atoms with Crippen molar-refractivity contribution in [2.24, 2.45) is 0 Å². The summed E-state index contributed by atoms with van der Waals surface area (Å²) in [5.74, 6) is 0.733. The van der Waals surface area contributed by atoms with Gasteiger partial charge in [-0.05, 0) is 35.4 Å². The minimum Gasteiger partial charge on any atom is -0.480 e. The molecule has 2 aromatic rings. The number of anilines is 1. The van der Waals surface area contributed by atoms with Gasteiger partial charge in [-0.3, -0.25) is 0 Å². The molecule has 0 amide bonds. The summed E-state index contributed by atoms with van der Waals surface area (Å²) in [6.07, 6.45) is 1.06. The van der Waals surface area contributed by atoms with Gasteiger partial charge in [-0.25, -0.2) is 0 Å². The monoisotopic (exact) mass is 297 g/mol. The molecular formula is C13H19N3OS2. The Morgan fingerprint density at radius 2 is 2.26 bits per heavy atom. The van der Waals surface area contributed by atoms with Crippen molar-refractivity contribution in [2.75, 3.05) is 32.6 Å². The summed E-state index contributed by atoms with van der Waals surface area (Å²) >= 11 is 3.41. The van der Waals surface area contributed by atoms with E-state index < -0.39 is 0 Å². The van der Waals surface area contributed by atoms with Crippen LogP contribution in [0.3, 0.4) is 0 Å². The molecule has 1 N–H and O–H groups in total. The van der Waals surface area contributed by atoms with E-state index in [0.29, 0.717) is 0 Å². The van der Waals surface area contributed by atoms with E-state index in [1.54, 1.807) is 29.8 Å². The first-order chi connectivity index (χ1) is 9.20. The largest absolute Gasteiger partial charge is 0.480 e. The molecule has 0 aliphatic heterocycles. The number of nitrogens with zero attached hydrogens (tertiary/aromatic N) is 2. The molecule has 0 bridgehead atoms. The molecule has 6 heteroatoms. The normalized spacial score (nSPS) is 10.7. The van der Waals surface area contributed by atoms with E-state index in [4.69, 9.17) is 4.74 Å². The Labute approximate surface area is 122 Å². The summed E-state index contributed by atoms with van der Waals surface area (Å²) in [6.45, 7) is 1.77. The number of nitrogens with one attached hydrogen (secondary N) is 1. The van der Waals surface area contributed by atoms with Crippen molar-refractivity contribution in [3.63, 3.8) is 0 Å². The Hall–Kier alpha value is -1.11. The number of thiazole rings is 1. The van der Waals surface area contributed by atoms with Gasteiger partial charge in [-0.2, -0.15) is 16.3 Å². The molecule has 2 aromatic heterocycles. The van der Waals surface area contributed by atoms with Crippen LogP contribution in [-0.4, -0.2) is 32.7 Å². The number of methoxy groups -OCH3 is 1. The van der Waals surface area contributed by atoms with Crippen molar-refractivity contribution in [1.82, 2.24) is 10.3 Å². The lowest BCUT2D eigenvalue weighted by atomic mass is 10.2. The maximum Gasteiger partial charge on any atom is 0.230 e. The average molecular weight is 297 g/mol. The lowest BCUT2D eigenvalue weighted by molar-refractivity contribution is 0.395. The standard InChI is InChI=1S/C13H19N3OS2/c1-16(2)13-15-12(17-3)11(19-13)8-14-6-4-10-5-7-18-9-10/h5,7,9,14H,4,6,8H2,1-3H3. The molecule has 0 aliphatic rings. The molecule has 0 aromatic carbocycles. The van der Waals surface area contributed by atoms with E-state index in [-0.39, 0.29) is 0 Å². The highest BCUT2D eigenvalue weighted by molar-refractivity contribution is 7.15. The van der Waals surface area contributed by atoms with Crippen LogP contribution >= 0.6 is 22.7 Å². The lowest BCUT2D eigenvalue weighted by Crippen LogP contribution is -2.16. The van der Waals surface area contributed by atoms with Gasteiger partial charge in [0.25, 0.3) is 0 Å². The van der Waals surface area contributed by atoms with Crippen molar-refractivity contribution in [1.29, 1.82) is 0 Å². The van der Waals surface area contributed by atoms with E-state index in [0.717, 1.165) is 35.4 Å². The fourth-order valence-corrected chi connectivity index (χ4v) is 3.28. The minimum absolute atomic E-state index is 0.733. The predicted octanol–water partition coefficient (Wildman–Crippen LogP) is 2.61. The third-order valence-electron chi connectivity index (χ3n) is 2.68. The zero-order chi connectivity index (χ0) is 13.7. The summed E-state index contributed by atoms with van der Waals surface area (Å²) in [4.78, 5) is 7.59. The maximum absolute atomic E-state index is 5.31. The first kappa shape index (κ1) is 14.3. The van der Waals surface area contributed by atoms with E-state index >= 15 is 0 Å². The smallest absolute Gasteiger partial charge is 0.230 e. The Bertz CT molecular complexity index is 494. The number of ether oxygens (including phenoxy) is 1. The van der Waals surface area contributed by atoms with Crippen LogP contribution in [0.2, 0.25) is 0 Å². The highest BCUT2D eigenvalue weighted by atomic mass is 32.1. The lowest BCUT2D eigenvalue weighted by Gasteiger charge is -2.05. The molecule has 0 aliphatic carbocycles. The van der Waals surface area contributed by atoms with Crippen molar-refractivity contribution >= 4 is 27.8 Å². The van der Waals surface area contributed by atoms with Gasteiger partial charge in [0.15, 0.2) is 5.13 Å². The van der Waals surface area contributed by atoms with Crippen LogP contribution < -0.4 is 15.0 Å². The third kappa shape index (κ3) is 3.92. The second kappa shape index (κ2) is 6.88. The molecule has 2 heterocycles. The fourth-order valence-electron chi connectivity index (χ4n) is 1.66. The number of aromatic nitrogens is 1. The second-order valence-electron chi connectivity index (χ2n) is 4.38. The Morgan fingerprint density at radius 1 is 1.42 bits per heavy atom. The summed E-state index contributed by atoms with van der Waals surface area (Å²) in [6, 6.07) is 2.17. The van der Waals surface area contributed by atoms with Gasteiger partial charge in [0, 0.05) is 20.6 Å². The molecule has 104 valence electrons. The highest BCUT2D eigenvalue weighted by Gasteiger charge is 2.12. The summed E-state index contributed by atoms with van der Waals surface area (Å²) in [5.41, 5.74) is 1.39. The quantitative estimate of drug-likeness (QED) is 0.797. The minimum atomic E-state index is 0.733. The van der Waals surface area contributed by atoms with Gasteiger partial charge in [-0.15, -0.1) is 0 Å². The topological polar surface area (TPSA) is 37.4 Å². The molecule has 19 heavy (non-hydrogen) atoms. The van der Waals surface area contributed by atoms with E-state index in [1.807, 2.05) is 19.0 Å². The van der Waals surface area contributed by atoms with E-state index in [9.17, 15) is 0 Å². The van der Waals surface area contributed by atoms with Crippen LogP contribution in [0.15, 0.2) is 16.8 Å². The van der Waals surface area contributed by atoms with Gasteiger partial charge in [-0.1, -0.05) is 11.3 Å². The Balaban J connectivity index is 1.84. The molecule has 2 rings (SSSR count). The second-order valence-corrected chi connectivity index (χ2v) is 6.22. The van der Waals surface area contributed by atoms with Gasteiger partial charge in [0.2, 0.25) is 5.88 Å². The molecule has 0 saturated carbocycles. The van der Waals surface area contributed by atoms with E-state index in [2.05, 4.69) is 27.1 Å². The first-order valence-corrected chi connectivity index (χ1v) is 7.89. The molecule has 0 saturated heterocycles. The van der Waals surface area contributed by atoms with Crippen LogP contribution in [0.25, 0.3) is 0 Å². The summed E-state index contributed by atoms with van der Waals surface area (Å²) < 4.78 is 5.31. The summed E-state index contributed by atoms with van der Waals surface area (Å²) in [5, 5.41) is 8.73. The predicted molar refractivity (Wildman–Crippen MR) is 82.7 cm³/mol.